The predicted molar refractivity (Wildman–Crippen MR) is 67.1 cm³/mol. The van der Waals surface area contributed by atoms with Crippen molar-refractivity contribution < 1.29 is 9.13 Å². The maximum Gasteiger partial charge on any atom is 0.218 e. The van der Waals surface area contributed by atoms with Crippen molar-refractivity contribution in [3.63, 3.8) is 0 Å². The first-order chi connectivity index (χ1) is 8.70. The Morgan fingerprint density at radius 3 is 2.78 bits per heavy atom. The average molecular weight is 247 g/mol. The summed E-state index contributed by atoms with van der Waals surface area (Å²) < 4.78 is 18.3. The number of methoxy groups -OCH3 is 1. The lowest BCUT2D eigenvalue weighted by Crippen LogP contribution is -2.18. The Hall–Kier alpha value is -2.17. The molecule has 0 unspecified atom stereocenters. The quantitative estimate of drug-likeness (QED) is 0.777. The van der Waals surface area contributed by atoms with Crippen LogP contribution in [0.25, 0.3) is 0 Å². The molecule has 1 aromatic carbocycles. The predicted octanol–water partition coefficient (Wildman–Crippen LogP) is 2.26. The van der Waals surface area contributed by atoms with Crippen molar-refractivity contribution in [3.8, 4) is 5.75 Å². The van der Waals surface area contributed by atoms with Crippen molar-refractivity contribution in [1.82, 2.24) is 9.97 Å². The van der Waals surface area contributed by atoms with Crippen molar-refractivity contribution in [1.29, 1.82) is 0 Å². The maximum atomic E-state index is 13.0. The molecule has 0 fully saturated rings. The van der Waals surface area contributed by atoms with Crippen LogP contribution in [0, 0.1) is 5.95 Å². The molecular weight excluding hydrogens is 233 g/mol. The molecule has 0 saturated heterocycles. The molecule has 0 saturated carbocycles. The van der Waals surface area contributed by atoms with Gasteiger partial charge in [0.1, 0.15) is 17.9 Å². The monoisotopic (exact) mass is 247 g/mol. The van der Waals surface area contributed by atoms with E-state index in [4.69, 9.17) is 4.74 Å². The van der Waals surface area contributed by atoms with Crippen molar-refractivity contribution in [3.05, 3.63) is 48.2 Å². The number of aromatic nitrogens is 2. The number of nitrogens with zero attached hydrogens (tertiary/aromatic N) is 3. The van der Waals surface area contributed by atoms with Crippen LogP contribution in [0.15, 0.2) is 36.7 Å². The molecular formula is C13H14FN3O. The summed E-state index contributed by atoms with van der Waals surface area (Å²) in [7, 11) is 3.47. The number of para-hydroxylation sites is 1. The van der Waals surface area contributed by atoms with Gasteiger partial charge in [-0.25, -0.2) is 9.97 Å². The molecule has 1 heterocycles. The van der Waals surface area contributed by atoms with E-state index in [1.165, 1.54) is 12.4 Å². The Morgan fingerprint density at radius 1 is 1.28 bits per heavy atom. The molecule has 4 nitrogen and oxygen atoms in total. The second-order valence-electron chi connectivity index (χ2n) is 3.87. The fourth-order valence-electron chi connectivity index (χ4n) is 1.70. The lowest BCUT2D eigenvalue weighted by molar-refractivity contribution is 0.409. The summed E-state index contributed by atoms with van der Waals surface area (Å²) in [5.41, 5.74) is 1.02. The van der Waals surface area contributed by atoms with E-state index in [1.807, 2.05) is 36.2 Å². The molecule has 0 aliphatic carbocycles. The number of hydrogen-bond acceptors (Lipinski definition) is 4. The molecule has 94 valence electrons. The minimum absolute atomic E-state index is 0.535. The lowest BCUT2D eigenvalue weighted by Gasteiger charge is -2.19. The molecule has 0 amide bonds. The molecule has 0 bridgehead atoms. The van der Waals surface area contributed by atoms with E-state index in [0.29, 0.717) is 12.4 Å². The van der Waals surface area contributed by atoms with Gasteiger partial charge in [-0.2, -0.15) is 4.39 Å². The van der Waals surface area contributed by atoms with E-state index >= 15 is 0 Å². The molecule has 0 atom stereocenters. The van der Waals surface area contributed by atoms with Crippen LogP contribution < -0.4 is 9.64 Å². The molecule has 2 aromatic rings. The number of anilines is 1. The van der Waals surface area contributed by atoms with Crippen molar-refractivity contribution in [2.24, 2.45) is 0 Å². The highest BCUT2D eigenvalue weighted by molar-refractivity contribution is 5.41. The van der Waals surface area contributed by atoms with Gasteiger partial charge in [0, 0.05) is 25.2 Å². The largest absolute Gasteiger partial charge is 0.496 e. The first-order valence-corrected chi connectivity index (χ1v) is 5.51. The van der Waals surface area contributed by atoms with Gasteiger partial charge in [0.15, 0.2) is 0 Å². The van der Waals surface area contributed by atoms with Crippen LogP contribution in [0.3, 0.4) is 0 Å². The van der Waals surface area contributed by atoms with Gasteiger partial charge in [0.05, 0.1) is 7.11 Å². The van der Waals surface area contributed by atoms with E-state index in [-0.39, 0.29) is 0 Å². The van der Waals surface area contributed by atoms with Crippen molar-refractivity contribution in [2.75, 3.05) is 19.1 Å². The highest BCUT2D eigenvalue weighted by Crippen LogP contribution is 2.20. The molecule has 0 aliphatic heterocycles. The van der Waals surface area contributed by atoms with Crippen LogP contribution in [0.2, 0.25) is 0 Å². The number of ether oxygens (including phenoxy) is 1. The van der Waals surface area contributed by atoms with Gasteiger partial charge in [0.2, 0.25) is 5.95 Å². The fraction of sp³-hybridized carbons (Fsp3) is 0.231. The lowest BCUT2D eigenvalue weighted by atomic mass is 10.2. The zero-order chi connectivity index (χ0) is 13.0. The first kappa shape index (κ1) is 12.3. The van der Waals surface area contributed by atoms with Crippen LogP contribution >= 0.6 is 0 Å². The van der Waals surface area contributed by atoms with E-state index < -0.39 is 5.95 Å². The summed E-state index contributed by atoms with van der Waals surface area (Å²) in [6.07, 6.45) is 1.21. The minimum Gasteiger partial charge on any atom is -0.496 e. The summed E-state index contributed by atoms with van der Waals surface area (Å²) in [6.45, 7) is 0.584. The van der Waals surface area contributed by atoms with E-state index in [0.717, 1.165) is 11.3 Å². The number of halogens is 1. The number of rotatable bonds is 4. The van der Waals surface area contributed by atoms with Gasteiger partial charge in [-0.15, -0.1) is 0 Å². The van der Waals surface area contributed by atoms with Crippen LogP contribution in [0.5, 0.6) is 5.75 Å². The highest BCUT2D eigenvalue weighted by Gasteiger charge is 2.08. The summed E-state index contributed by atoms with van der Waals surface area (Å²) in [5.74, 6) is 0.805. The smallest absolute Gasteiger partial charge is 0.218 e. The topological polar surface area (TPSA) is 38.2 Å². The minimum atomic E-state index is -0.535. The van der Waals surface area contributed by atoms with E-state index in [9.17, 15) is 4.39 Å². The SMILES string of the molecule is COc1ccccc1CN(C)c1cc(F)ncn1. The summed E-state index contributed by atoms with van der Waals surface area (Å²) in [6, 6.07) is 9.00. The Kier molecular flexibility index (Phi) is 3.72. The zero-order valence-electron chi connectivity index (χ0n) is 10.3. The normalized spacial score (nSPS) is 10.2. The third-order valence-electron chi connectivity index (χ3n) is 2.61. The Balaban J connectivity index is 2.18. The van der Waals surface area contributed by atoms with Gasteiger partial charge in [-0.3, -0.25) is 0 Å². The second-order valence-corrected chi connectivity index (χ2v) is 3.87. The van der Waals surface area contributed by atoms with Gasteiger partial charge >= 0.3 is 0 Å². The van der Waals surface area contributed by atoms with Crippen LogP contribution in [-0.4, -0.2) is 24.1 Å². The molecule has 0 aliphatic rings. The first-order valence-electron chi connectivity index (χ1n) is 5.51. The Labute approximate surface area is 105 Å². The second kappa shape index (κ2) is 5.44. The average Bonchev–Trinajstić information content (AvgIpc) is 2.39. The van der Waals surface area contributed by atoms with Crippen LogP contribution in [0.1, 0.15) is 5.56 Å². The molecule has 0 spiro atoms. The standard InChI is InChI=1S/C13H14FN3O/c1-17(13-7-12(14)15-9-16-13)8-10-5-3-4-6-11(10)18-2/h3-7,9H,8H2,1-2H3. The Bertz CT molecular complexity index is 533. The fourth-order valence-corrected chi connectivity index (χ4v) is 1.70. The van der Waals surface area contributed by atoms with Crippen LogP contribution in [-0.2, 0) is 6.54 Å². The summed E-state index contributed by atoms with van der Waals surface area (Å²) in [5, 5.41) is 0. The number of hydrogen-bond donors (Lipinski definition) is 0. The highest BCUT2D eigenvalue weighted by atomic mass is 19.1. The zero-order valence-corrected chi connectivity index (χ0v) is 10.3. The van der Waals surface area contributed by atoms with E-state index in [2.05, 4.69) is 9.97 Å². The maximum absolute atomic E-state index is 13.0. The molecule has 2 rings (SSSR count). The van der Waals surface area contributed by atoms with Crippen molar-refractivity contribution >= 4 is 5.82 Å². The van der Waals surface area contributed by atoms with Crippen molar-refractivity contribution in [2.45, 2.75) is 6.54 Å². The third kappa shape index (κ3) is 2.74. The molecule has 18 heavy (non-hydrogen) atoms. The Morgan fingerprint density at radius 2 is 2.06 bits per heavy atom. The van der Waals surface area contributed by atoms with Crippen LogP contribution in [0.4, 0.5) is 10.2 Å². The van der Waals surface area contributed by atoms with Gasteiger partial charge in [-0.05, 0) is 6.07 Å². The summed E-state index contributed by atoms with van der Waals surface area (Å²) >= 11 is 0. The third-order valence-corrected chi connectivity index (χ3v) is 2.61. The summed E-state index contributed by atoms with van der Waals surface area (Å²) in [4.78, 5) is 9.29. The van der Waals surface area contributed by atoms with Gasteiger partial charge < -0.3 is 9.64 Å². The van der Waals surface area contributed by atoms with E-state index in [1.54, 1.807) is 7.11 Å². The van der Waals surface area contributed by atoms with Gasteiger partial charge in [-0.1, -0.05) is 18.2 Å². The number of benzene rings is 1. The molecule has 0 radical (unpaired) electrons. The molecule has 5 heteroatoms. The molecule has 0 N–H and O–H groups in total. The van der Waals surface area contributed by atoms with Gasteiger partial charge in [0.25, 0.3) is 0 Å². The molecule has 1 aromatic heterocycles.